The Labute approximate surface area is 129 Å². The zero-order valence-corrected chi connectivity index (χ0v) is 12.4. The quantitative estimate of drug-likeness (QED) is 0.374. The van der Waals surface area contributed by atoms with E-state index in [-0.39, 0.29) is 5.97 Å². The van der Waals surface area contributed by atoms with Gasteiger partial charge in [0.1, 0.15) is 11.5 Å². The minimum atomic E-state index is -0.397. The van der Waals surface area contributed by atoms with Crippen LogP contribution < -0.4 is 4.74 Å². The number of rotatable bonds is 4. The number of hydrogen-bond donors (Lipinski definition) is 0. The van der Waals surface area contributed by atoms with E-state index in [1.54, 1.807) is 24.3 Å². The van der Waals surface area contributed by atoms with Gasteiger partial charge in [0.25, 0.3) is 0 Å². The first kappa shape index (κ1) is 15.5. The summed E-state index contributed by atoms with van der Waals surface area (Å²) in [4.78, 5) is 22.3. The summed E-state index contributed by atoms with van der Waals surface area (Å²) in [6.45, 7) is 2.70. The fourth-order valence-electron chi connectivity index (χ4n) is 1.91. The van der Waals surface area contributed by atoms with E-state index in [0.29, 0.717) is 11.5 Å². The SMILES string of the molecule is CC(=O)OC(=Cc1cccc(OC(C)=O)c1)c1ccccc1. The highest BCUT2D eigenvalue weighted by atomic mass is 16.5. The summed E-state index contributed by atoms with van der Waals surface area (Å²) in [5, 5.41) is 0. The van der Waals surface area contributed by atoms with Crippen molar-refractivity contribution < 1.29 is 19.1 Å². The van der Waals surface area contributed by atoms with Crippen molar-refractivity contribution in [1.82, 2.24) is 0 Å². The van der Waals surface area contributed by atoms with Crippen LogP contribution in [0.5, 0.6) is 5.75 Å². The second-order valence-corrected chi connectivity index (χ2v) is 4.63. The lowest BCUT2D eigenvalue weighted by atomic mass is 10.1. The summed E-state index contributed by atoms with van der Waals surface area (Å²) in [5.74, 6) is 0.0974. The average Bonchev–Trinajstić information content (AvgIpc) is 2.47. The highest BCUT2D eigenvalue weighted by Gasteiger charge is 2.07. The van der Waals surface area contributed by atoms with Crippen LogP contribution in [0.3, 0.4) is 0 Å². The molecule has 0 bridgehead atoms. The predicted octanol–water partition coefficient (Wildman–Crippen LogP) is 3.67. The number of esters is 2. The summed E-state index contributed by atoms with van der Waals surface area (Å²) in [7, 11) is 0. The van der Waals surface area contributed by atoms with Gasteiger partial charge in [-0.25, -0.2) is 0 Å². The Morgan fingerprint density at radius 1 is 0.909 bits per heavy atom. The van der Waals surface area contributed by atoms with Crippen molar-refractivity contribution in [2.75, 3.05) is 0 Å². The van der Waals surface area contributed by atoms with Crippen molar-refractivity contribution in [2.24, 2.45) is 0 Å². The van der Waals surface area contributed by atoms with E-state index in [9.17, 15) is 9.59 Å². The molecule has 0 amide bonds. The number of ether oxygens (including phenoxy) is 2. The first-order chi connectivity index (χ1) is 10.5. The van der Waals surface area contributed by atoms with E-state index in [0.717, 1.165) is 11.1 Å². The summed E-state index contributed by atoms with van der Waals surface area (Å²) in [5.41, 5.74) is 1.55. The van der Waals surface area contributed by atoms with E-state index < -0.39 is 5.97 Å². The van der Waals surface area contributed by atoms with Gasteiger partial charge in [-0.15, -0.1) is 0 Å². The van der Waals surface area contributed by atoms with Crippen LogP contribution in [0, 0.1) is 0 Å². The summed E-state index contributed by atoms with van der Waals surface area (Å²) < 4.78 is 10.3. The van der Waals surface area contributed by atoms with Crippen molar-refractivity contribution in [1.29, 1.82) is 0 Å². The van der Waals surface area contributed by atoms with Crippen molar-refractivity contribution in [3.8, 4) is 5.75 Å². The molecule has 0 unspecified atom stereocenters. The van der Waals surface area contributed by atoms with Crippen LogP contribution in [-0.4, -0.2) is 11.9 Å². The second-order valence-electron chi connectivity index (χ2n) is 4.63. The average molecular weight is 296 g/mol. The van der Waals surface area contributed by atoms with Crippen LogP contribution in [0.4, 0.5) is 0 Å². The fourth-order valence-corrected chi connectivity index (χ4v) is 1.91. The van der Waals surface area contributed by atoms with Gasteiger partial charge >= 0.3 is 11.9 Å². The minimum Gasteiger partial charge on any atom is -0.427 e. The van der Waals surface area contributed by atoms with Crippen molar-refractivity contribution in [3.05, 3.63) is 65.7 Å². The minimum absolute atomic E-state index is 0.385. The lowest BCUT2D eigenvalue weighted by molar-refractivity contribution is -0.134. The molecule has 2 aromatic rings. The lowest BCUT2D eigenvalue weighted by Crippen LogP contribution is -2.01. The summed E-state index contributed by atoms with van der Waals surface area (Å²) in [6.07, 6.45) is 1.73. The highest BCUT2D eigenvalue weighted by Crippen LogP contribution is 2.22. The van der Waals surface area contributed by atoms with Gasteiger partial charge in [0.2, 0.25) is 0 Å². The van der Waals surface area contributed by atoms with Crippen LogP contribution in [0.2, 0.25) is 0 Å². The van der Waals surface area contributed by atoms with Crippen molar-refractivity contribution in [2.45, 2.75) is 13.8 Å². The lowest BCUT2D eigenvalue weighted by Gasteiger charge is -2.08. The Morgan fingerprint density at radius 2 is 1.64 bits per heavy atom. The molecule has 112 valence electrons. The molecule has 0 fully saturated rings. The van der Waals surface area contributed by atoms with E-state index in [2.05, 4.69) is 0 Å². The van der Waals surface area contributed by atoms with Gasteiger partial charge in [-0.05, 0) is 23.8 Å². The zero-order chi connectivity index (χ0) is 15.9. The van der Waals surface area contributed by atoms with Gasteiger partial charge < -0.3 is 9.47 Å². The van der Waals surface area contributed by atoms with Crippen molar-refractivity contribution >= 4 is 23.8 Å². The zero-order valence-electron chi connectivity index (χ0n) is 12.4. The third kappa shape index (κ3) is 4.59. The maximum absolute atomic E-state index is 11.3. The molecule has 0 spiro atoms. The maximum Gasteiger partial charge on any atom is 0.308 e. The molecular formula is C18H16O4. The number of carbonyl (C=O) groups excluding carboxylic acids is 2. The van der Waals surface area contributed by atoms with Gasteiger partial charge in [-0.2, -0.15) is 0 Å². The molecule has 4 nitrogen and oxygen atoms in total. The van der Waals surface area contributed by atoms with E-state index in [1.165, 1.54) is 13.8 Å². The molecule has 0 aliphatic rings. The molecule has 0 aromatic heterocycles. The van der Waals surface area contributed by atoms with E-state index >= 15 is 0 Å². The molecule has 2 aromatic carbocycles. The Bertz CT molecular complexity index is 702. The molecule has 22 heavy (non-hydrogen) atoms. The molecule has 0 N–H and O–H groups in total. The number of hydrogen-bond acceptors (Lipinski definition) is 4. The van der Waals surface area contributed by atoms with Crippen LogP contribution >= 0.6 is 0 Å². The summed E-state index contributed by atoms with van der Waals surface area (Å²) in [6, 6.07) is 16.3. The molecule has 0 atom stereocenters. The van der Waals surface area contributed by atoms with Gasteiger partial charge in [0.15, 0.2) is 0 Å². The first-order valence-corrected chi connectivity index (χ1v) is 6.78. The first-order valence-electron chi connectivity index (χ1n) is 6.78. The Morgan fingerprint density at radius 3 is 2.27 bits per heavy atom. The molecule has 0 aliphatic heterocycles. The topological polar surface area (TPSA) is 52.6 Å². The van der Waals surface area contributed by atoms with Crippen LogP contribution in [0.1, 0.15) is 25.0 Å². The molecular weight excluding hydrogens is 280 g/mol. The van der Waals surface area contributed by atoms with E-state index in [1.807, 2.05) is 36.4 Å². The molecule has 0 aliphatic carbocycles. The molecule has 0 saturated heterocycles. The molecule has 4 heteroatoms. The monoisotopic (exact) mass is 296 g/mol. The largest absolute Gasteiger partial charge is 0.427 e. The van der Waals surface area contributed by atoms with Gasteiger partial charge in [-0.1, -0.05) is 42.5 Å². The second kappa shape index (κ2) is 7.22. The van der Waals surface area contributed by atoms with Crippen LogP contribution in [0.25, 0.3) is 11.8 Å². The normalized spacial score (nSPS) is 10.9. The Balaban J connectivity index is 2.36. The summed E-state index contributed by atoms with van der Waals surface area (Å²) >= 11 is 0. The Kier molecular flexibility index (Phi) is 5.09. The van der Waals surface area contributed by atoms with Crippen LogP contribution in [-0.2, 0) is 14.3 Å². The number of carbonyl (C=O) groups is 2. The third-order valence-corrected chi connectivity index (χ3v) is 2.73. The molecule has 2 rings (SSSR count). The van der Waals surface area contributed by atoms with Crippen LogP contribution in [0.15, 0.2) is 54.6 Å². The Hall–Kier alpha value is -2.88. The highest BCUT2D eigenvalue weighted by molar-refractivity contribution is 5.84. The molecule has 0 saturated carbocycles. The standard InChI is InChI=1S/C18H16O4/c1-13(19)21-17-10-6-7-15(11-17)12-18(22-14(2)20)16-8-4-3-5-9-16/h3-12H,1-2H3. The van der Waals surface area contributed by atoms with E-state index in [4.69, 9.17) is 9.47 Å². The fraction of sp³-hybridized carbons (Fsp3) is 0.111. The smallest absolute Gasteiger partial charge is 0.308 e. The van der Waals surface area contributed by atoms with Gasteiger partial charge in [0, 0.05) is 19.4 Å². The van der Waals surface area contributed by atoms with Gasteiger partial charge in [-0.3, -0.25) is 9.59 Å². The predicted molar refractivity (Wildman–Crippen MR) is 83.8 cm³/mol. The molecule has 0 radical (unpaired) electrons. The van der Waals surface area contributed by atoms with Gasteiger partial charge in [0.05, 0.1) is 0 Å². The maximum atomic E-state index is 11.3. The third-order valence-electron chi connectivity index (χ3n) is 2.73. The molecule has 0 heterocycles. The van der Waals surface area contributed by atoms with Crippen molar-refractivity contribution in [3.63, 3.8) is 0 Å². The number of benzene rings is 2.